The minimum absolute atomic E-state index is 0.00613. The van der Waals surface area contributed by atoms with Crippen LogP contribution >= 0.6 is 0 Å². The molecule has 1 aromatic carbocycles. The van der Waals surface area contributed by atoms with Crippen molar-refractivity contribution < 1.29 is 18.8 Å². The summed E-state index contributed by atoms with van der Waals surface area (Å²) in [5, 5.41) is 3.59. The first-order chi connectivity index (χ1) is 10.3. The highest BCUT2D eigenvalue weighted by Gasteiger charge is 2.17. The molecule has 0 unspecified atom stereocenters. The van der Waals surface area contributed by atoms with Gasteiger partial charge >= 0.3 is 5.97 Å². The molecule has 5 heteroatoms. The first-order valence-corrected chi connectivity index (χ1v) is 7.01. The maximum absolute atomic E-state index is 12.0. The van der Waals surface area contributed by atoms with Crippen molar-refractivity contribution in [2.75, 3.05) is 6.61 Å². The molecule has 0 amide bonds. The Morgan fingerprint density at radius 2 is 1.82 bits per heavy atom. The molecule has 116 valence electrons. The van der Waals surface area contributed by atoms with Gasteiger partial charge in [0.25, 0.3) is 0 Å². The van der Waals surface area contributed by atoms with Gasteiger partial charge < -0.3 is 9.26 Å². The number of Topliss-reactive ketones (excluding diaryl/α,β-unsaturated/α-hetero) is 1. The number of hydrogen-bond donors (Lipinski definition) is 0. The second kappa shape index (κ2) is 6.13. The number of ketones is 1. The number of benzene rings is 1. The lowest BCUT2D eigenvalue weighted by Gasteiger charge is -2.18. The lowest BCUT2D eigenvalue weighted by atomic mass is 9.86. The maximum Gasteiger partial charge on any atom is 0.377 e. The van der Waals surface area contributed by atoms with Gasteiger partial charge in [0.1, 0.15) is 0 Å². The molecule has 1 heterocycles. The van der Waals surface area contributed by atoms with E-state index in [9.17, 15) is 9.59 Å². The first kappa shape index (κ1) is 15.9. The van der Waals surface area contributed by atoms with E-state index in [0.29, 0.717) is 11.3 Å². The zero-order valence-electron chi connectivity index (χ0n) is 13.2. The summed E-state index contributed by atoms with van der Waals surface area (Å²) in [6, 6.07) is 8.78. The Morgan fingerprint density at radius 1 is 1.18 bits per heavy atom. The van der Waals surface area contributed by atoms with Crippen LogP contribution in [0.5, 0.6) is 0 Å². The van der Waals surface area contributed by atoms with Gasteiger partial charge in [-0.05, 0) is 17.9 Å². The minimum atomic E-state index is -0.694. The van der Waals surface area contributed by atoms with Crippen molar-refractivity contribution in [3.63, 3.8) is 0 Å². The topological polar surface area (TPSA) is 69.4 Å². The molecule has 0 spiro atoms. The molecule has 0 aliphatic carbocycles. The van der Waals surface area contributed by atoms with Gasteiger partial charge in [0.2, 0.25) is 5.76 Å². The zero-order valence-corrected chi connectivity index (χ0v) is 13.2. The van der Waals surface area contributed by atoms with E-state index in [4.69, 9.17) is 9.26 Å². The maximum atomic E-state index is 12.0. The van der Waals surface area contributed by atoms with Gasteiger partial charge in [0, 0.05) is 11.6 Å². The monoisotopic (exact) mass is 301 g/mol. The number of carbonyl (C=O) groups is 2. The molecule has 2 rings (SSSR count). The summed E-state index contributed by atoms with van der Waals surface area (Å²) in [5.74, 6) is -0.960. The standard InChI is InChI=1S/C17H19NO4/c1-11-9-15(22-18-11)16(20)21-10-14(19)12-5-7-13(8-6-12)17(2,3)4/h5-9H,10H2,1-4H3. The van der Waals surface area contributed by atoms with Crippen LogP contribution in [0.4, 0.5) is 0 Å². The minimum Gasteiger partial charge on any atom is -0.451 e. The fraction of sp³-hybridized carbons (Fsp3) is 0.353. The van der Waals surface area contributed by atoms with E-state index >= 15 is 0 Å². The van der Waals surface area contributed by atoms with Crippen molar-refractivity contribution in [1.82, 2.24) is 5.16 Å². The Hall–Kier alpha value is -2.43. The summed E-state index contributed by atoms with van der Waals surface area (Å²) in [5.41, 5.74) is 2.25. The average molecular weight is 301 g/mol. The van der Waals surface area contributed by atoms with Crippen LogP contribution in [0.3, 0.4) is 0 Å². The number of rotatable bonds is 4. The van der Waals surface area contributed by atoms with E-state index in [-0.39, 0.29) is 23.6 Å². The molecule has 0 aliphatic rings. The van der Waals surface area contributed by atoms with Crippen molar-refractivity contribution >= 4 is 11.8 Å². The molecule has 0 bridgehead atoms. The summed E-state index contributed by atoms with van der Waals surface area (Å²) in [6.07, 6.45) is 0. The fourth-order valence-electron chi connectivity index (χ4n) is 1.90. The molecule has 0 N–H and O–H groups in total. The molecule has 0 fully saturated rings. The van der Waals surface area contributed by atoms with Crippen LogP contribution in [-0.4, -0.2) is 23.5 Å². The predicted octanol–water partition coefficient (Wildman–Crippen LogP) is 3.32. The van der Waals surface area contributed by atoms with Gasteiger partial charge in [0.15, 0.2) is 12.4 Å². The van der Waals surface area contributed by atoms with Crippen molar-refractivity contribution in [3.05, 3.63) is 52.9 Å². The van der Waals surface area contributed by atoms with E-state index < -0.39 is 5.97 Å². The molecule has 5 nitrogen and oxygen atoms in total. The number of carbonyl (C=O) groups excluding carboxylic acids is 2. The SMILES string of the molecule is Cc1cc(C(=O)OCC(=O)c2ccc(C(C)(C)C)cc2)on1. The molecular weight excluding hydrogens is 282 g/mol. The lowest BCUT2D eigenvalue weighted by Crippen LogP contribution is -2.15. The van der Waals surface area contributed by atoms with E-state index in [1.54, 1.807) is 19.1 Å². The Bertz CT molecular complexity index is 677. The van der Waals surface area contributed by atoms with Crippen LogP contribution in [0.2, 0.25) is 0 Å². The highest BCUT2D eigenvalue weighted by atomic mass is 16.6. The normalized spacial score (nSPS) is 11.3. The Balaban J connectivity index is 1.96. The molecule has 0 aliphatic heterocycles. The summed E-state index contributed by atoms with van der Waals surface area (Å²) in [4.78, 5) is 23.7. The van der Waals surface area contributed by atoms with Crippen LogP contribution < -0.4 is 0 Å². The van der Waals surface area contributed by atoms with E-state index in [1.165, 1.54) is 6.07 Å². The third kappa shape index (κ3) is 3.81. The summed E-state index contributed by atoms with van der Waals surface area (Å²) >= 11 is 0. The molecule has 0 saturated carbocycles. The van der Waals surface area contributed by atoms with Crippen molar-refractivity contribution in [2.45, 2.75) is 33.1 Å². The van der Waals surface area contributed by atoms with Crippen LogP contribution in [-0.2, 0) is 10.2 Å². The molecule has 0 atom stereocenters. The van der Waals surface area contributed by atoms with Crippen LogP contribution in [0.25, 0.3) is 0 Å². The molecule has 22 heavy (non-hydrogen) atoms. The number of nitrogens with zero attached hydrogens (tertiary/aromatic N) is 1. The highest BCUT2D eigenvalue weighted by molar-refractivity contribution is 5.98. The Kier molecular flexibility index (Phi) is 4.45. The average Bonchev–Trinajstić information content (AvgIpc) is 2.90. The molecule has 2 aromatic rings. The molecular formula is C17H19NO4. The predicted molar refractivity (Wildman–Crippen MR) is 81.0 cm³/mol. The van der Waals surface area contributed by atoms with Crippen LogP contribution in [0.1, 0.15) is 52.9 Å². The lowest BCUT2D eigenvalue weighted by molar-refractivity contribution is 0.0435. The Labute approximate surface area is 129 Å². The fourth-order valence-corrected chi connectivity index (χ4v) is 1.90. The van der Waals surface area contributed by atoms with Crippen molar-refractivity contribution in [2.24, 2.45) is 0 Å². The number of ether oxygens (including phenoxy) is 1. The van der Waals surface area contributed by atoms with Gasteiger partial charge in [-0.15, -0.1) is 0 Å². The van der Waals surface area contributed by atoms with E-state index in [1.807, 2.05) is 12.1 Å². The largest absolute Gasteiger partial charge is 0.451 e. The number of hydrogen-bond acceptors (Lipinski definition) is 5. The van der Waals surface area contributed by atoms with E-state index in [2.05, 4.69) is 25.9 Å². The van der Waals surface area contributed by atoms with Crippen LogP contribution in [0.15, 0.2) is 34.9 Å². The third-order valence-electron chi connectivity index (χ3n) is 3.24. The van der Waals surface area contributed by atoms with Gasteiger partial charge in [-0.2, -0.15) is 0 Å². The number of aromatic nitrogens is 1. The van der Waals surface area contributed by atoms with Crippen LogP contribution in [0, 0.1) is 6.92 Å². The second-order valence-corrected chi connectivity index (χ2v) is 6.16. The second-order valence-electron chi connectivity index (χ2n) is 6.16. The quantitative estimate of drug-likeness (QED) is 0.640. The Morgan fingerprint density at radius 3 is 2.32 bits per heavy atom. The molecule has 0 radical (unpaired) electrons. The molecule has 1 aromatic heterocycles. The first-order valence-electron chi connectivity index (χ1n) is 7.01. The van der Waals surface area contributed by atoms with Gasteiger partial charge in [0.05, 0.1) is 5.69 Å². The zero-order chi connectivity index (χ0) is 16.3. The summed E-state index contributed by atoms with van der Waals surface area (Å²) < 4.78 is 9.71. The van der Waals surface area contributed by atoms with Crippen molar-refractivity contribution in [3.8, 4) is 0 Å². The van der Waals surface area contributed by atoms with Gasteiger partial charge in [-0.1, -0.05) is 50.2 Å². The number of aryl methyl sites for hydroxylation is 1. The van der Waals surface area contributed by atoms with Gasteiger partial charge in [-0.25, -0.2) is 4.79 Å². The van der Waals surface area contributed by atoms with E-state index in [0.717, 1.165) is 5.56 Å². The third-order valence-corrected chi connectivity index (χ3v) is 3.24. The smallest absolute Gasteiger partial charge is 0.377 e. The number of esters is 1. The summed E-state index contributed by atoms with van der Waals surface area (Å²) in [7, 11) is 0. The van der Waals surface area contributed by atoms with Gasteiger partial charge in [-0.3, -0.25) is 4.79 Å². The van der Waals surface area contributed by atoms with Crippen molar-refractivity contribution in [1.29, 1.82) is 0 Å². The highest BCUT2D eigenvalue weighted by Crippen LogP contribution is 2.22. The summed E-state index contributed by atoms with van der Waals surface area (Å²) in [6.45, 7) is 7.68. The molecule has 0 saturated heterocycles.